The maximum absolute atomic E-state index is 12.7. The van der Waals surface area contributed by atoms with Gasteiger partial charge in [-0.1, -0.05) is 24.3 Å². The Balaban J connectivity index is 2.02. The fraction of sp³-hybridized carbons (Fsp3) is 0.222. The van der Waals surface area contributed by atoms with Crippen LogP contribution in [0.25, 0.3) is 0 Å². The summed E-state index contributed by atoms with van der Waals surface area (Å²) in [6.07, 6.45) is 0. The van der Waals surface area contributed by atoms with Crippen LogP contribution in [0.1, 0.15) is 45.7 Å². The van der Waals surface area contributed by atoms with Crippen LogP contribution >= 0.6 is 0 Å². The third kappa shape index (κ3) is 3.90. The number of rotatable bonds is 5. The molecule has 0 unspecified atom stereocenters. The molecule has 0 aliphatic heterocycles. The molecule has 1 aliphatic rings. The van der Waals surface area contributed by atoms with Crippen LogP contribution in [0.2, 0.25) is 0 Å². The summed E-state index contributed by atoms with van der Waals surface area (Å²) in [5.74, 6) is -1.69. The van der Waals surface area contributed by atoms with Crippen LogP contribution in [0.3, 0.4) is 0 Å². The molecule has 1 aliphatic carbocycles. The maximum atomic E-state index is 12.7. The van der Waals surface area contributed by atoms with E-state index >= 15 is 0 Å². The van der Waals surface area contributed by atoms with E-state index < -0.39 is 37.2 Å². The smallest absolute Gasteiger partial charge is 0.266 e. The lowest BCUT2D eigenvalue weighted by atomic mass is 9.84. The molecule has 0 bridgehead atoms. The van der Waals surface area contributed by atoms with Crippen LogP contribution in [-0.4, -0.2) is 44.2 Å². The van der Waals surface area contributed by atoms with Gasteiger partial charge in [0, 0.05) is 27.8 Å². The van der Waals surface area contributed by atoms with E-state index in [1.807, 2.05) is 0 Å². The summed E-state index contributed by atoms with van der Waals surface area (Å²) in [7, 11) is -8.66. The van der Waals surface area contributed by atoms with Crippen molar-refractivity contribution >= 4 is 31.7 Å². The van der Waals surface area contributed by atoms with Gasteiger partial charge in [-0.25, -0.2) is 13.1 Å². The van der Waals surface area contributed by atoms with Gasteiger partial charge in [0.25, 0.3) is 10.1 Å². The van der Waals surface area contributed by atoms with Crippen molar-refractivity contribution in [3.8, 4) is 0 Å². The molecule has 0 atom stereocenters. The number of sulfonamides is 1. The van der Waals surface area contributed by atoms with Gasteiger partial charge < -0.3 is 0 Å². The zero-order valence-corrected chi connectivity index (χ0v) is 16.6. The van der Waals surface area contributed by atoms with Crippen molar-refractivity contribution in [2.75, 3.05) is 5.75 Å². The van der Waals surface area contributed by atoms with Crippen molar-refractivity contribution in [2.24, 2.45) is 0 Å². The predicted octanol–water partition coefficient (Wildman–Crippen LogP) is 1.41. The van der Waals surface area contributed by atoms with E-state index in [-0.39, 0.29) is 32.9 Å². The topological polar surface area (TPSA) is 135 Å². The molecular formula is C18H17NO7S2. The number of hydrogen-bond acceptors (Lipinski definition) is 6. The van der Waals surface area contributed by atoms with Crippen molar-refractivity contribution < 1.29 is 31.0 Å². The molecule has 0 amide bonds. The van der Waals surface area contributed by atoms with E-state index in [9.17, 15) is 26.4 Å². The zero-order chi connectivity index (χ0) is 20.9. The third-order valence-corrected chi connectivity index (χ3v) is 6.94. The first kappa shape index (κ1) is 20.3. The summed E-state index contributed by atoms with van der Waals surface area (Å²) in [5.41, 5.74) is -1.01. The van der Waals surface area contributed by atoms with Crippen LogP contribution in [0.5, 0.6) is 0 Å². The van der Waals surface area contributed by atoms with E-state index in [0.29, 0.717) is 0 Å². The lowest BCUT2D eigenvalue weighted by molar-refractivity contribution is 0.0979. The largest absolute Gasteiger partial charge is 0.289 e. The van der Waals surface area contributed by atoms with Gasteiger partial charge in [0.15, 0.2) is 11.6 Å². The lowest BCUT2D eigenvalue weighted by Gasteiger charge is -2.25. The number of benzene rings is 2. The summed E-state index contributed by atoms with van der Waals surface area (Å²) in [6.45, 7) is 2.59. The van der Waals surface area contributed by atoms with E-state index in [1.54, 1.807) is 12.1 Å². The average molecular weight is 423 g/mol. The Morgan fingerprint density at radius 1 is 0.857 bits per heavy atom. The Hall–Kier alpha value is -2.40. The fourth-order valence-corrected chi connectivity index (χ4v) is 5.67. The Labute approximate surface area is 162 Å². The second-order valence-corrected chi connectivity index (χ2v) is 10.3. The van der Waals surface area contributed by atoms with Gasteiger partial charge in [0.05, 0.1) is 10.6 Å². The number of carbonyl (C=O) groups excluding carboxylic acids is 2. The maximum Gasteiger partial charge on any atom is 0.266 e. The Morgan fingerprint density at radius 3 is 1.89 bits per heavy atom. The Bertz CT molecular complexity index is 1210. The average Bonchev–Trinajstić information content (AvgIpc) is 2.56. The van der Waals surface area contributed by atoms with Crippen molar-refractivity contribution in [3.05, 3.63) is 64.7 Å². The molecule has 148 valence electrons. The zero-order valence-electron chi connectivity index (χ0n) is 15.0. The highest BCUT2D eigenvalue weighted by Crippen LogP contribution is 2.29. The SMILES string of the molecule is CC(C)(CS(=O)(=O)O)NS(=O)(=O)c1ccc2c(c1)C(=O)c1ccccc1C2=O. The molecule has 0 radical (unpaired) electrons. The minimum Gasteiger partial charge on any atom is -0.289 e. The summed E-state index contributed by atoms with van der Waals surface area (Å²) in [4.78, 5) is 25.0. The van der Waals surface area contributed by atoms with Crippen LogP contribution < -0.4 is 4.72 Å². The van der Waals surface area contributed by atoms with Crippen LogP contribution in [0.15, 0.2) is 47.4 Å². The molecule has 2 aromatic carbocycles. The molecule has 10 heteroatoms. The predicted molar refractivity (Wildman–Crippen MR) is 101 cm³/mol. The molecule has 0 heterocycles. The number of nitrogens with one attached hydrogen (secondary N) is 1. The van der Waals surface area contributed by atoms with Gasteiger partial charge in [0.2, 0.25) is 10.0 Å². The van der Waals surface area contributed by atoms with Gasteiger partial charge in [-0.15, -0.1) is 0 Å². The second kappa shape index (κ2) is 6.59. The van der Waals surface area contributed by atoms with Gasteiger partial charge in [-0.3, -0.25) is 14.1 Å². The van der Waals surface area contributed by atoms with Crippen LogP contribution in [0.4, 0.5) is 0 Å². The van der Waals surface area contributed by atoms with Crippen LogP contribution in [0, 0.1) is 0 Å². The summed E-state index contributed by atoms with van der Waals surface area (Å²) >= 11 is 0. The molecule has 8 nitrogen and oxygen atoms in total. The summed E-state index contributed by atoms with van der Waals surface area (Å²) < 4.78 is 58.7. The highest BCUT2D eigenvalue weighted by atomic mass is 32.2. The molecule has 28 heavy (non-hydrogen) atoms. The molecule has 0 saturated heterocycles. The monoisotopic (exact) mass is 423 g/mol. The molecule has 0 saturated carbocycles. The fourth-order valence-electron chi connectivity index (χ4n) is 3.15. The molecule has 2 N–H and O–H groups in total. The van der Waals surface area contributed by atoms with Gasteiger partial charge >= 0.3 is 0 Å². The first-order valence-electron chi connectivity index (χ1n) is 8.12. The third-order valence-electron chi connectivity index (χ3n) is 4.16. The van der Waals surface area contributed by atoms with Crippen molar-refractivity contribution in [3.63, 3.8) is 0 Å². The first-order chi connectivity index (χ1) is 12.8. The number of carbonyl (C=O) groups is 2. The quantitative estimate of drug-likeness (QED) is 0.592. The Kier molecular flexibility index (Phi) is 4.79. The number of fused-ring (bicyclic) bond motifs is 2. The molecule has 2 aromatic rings. The normalized spacial score (nSPS) is 14.5. The van der Waals surface area contributed by atoms with E-state index in [2.05, 4.69) is 4.72 Å². The first-order valence-corrected chi connectivity index (χ1v) is 11.2. The molecule has 0 spiro atoms. The highest BCUT2D eigenvalue weighted by molar-refractivity contribution is 7.89. The molecule has 0 aromatic heterocycles. The van der Waals surface area contributed by atoms with E-state index in [0.717, 1.165) is 6.07 Å². The van der Waals surface area contributed by atoms with E-state index in [4.69, 9.17) is 4.55 Å². The number of hydrogen-bond donors (Lipinski definition) is 2. The summed E-state index contributed by atoms with van der Waals surface area (Å²) in [6, 6.07) is 9.79. The van der Waals surface area contributed by atoms with Crippen LogP contribution in [-0.2, 0) is 20.1 Å². The van der Waals surface area contributed by atoms with Crippen molar-refractivity contribution in [2.45, 2.75) is 24.3 Å². The minimum atomic E-state index is -4.43. The highest BCUT2D eigenvalue weighted by Gasteiger charge is 2.33. The standard InChI is InChI=1S/C18H17NO7S2/c1-18(2,10-27(22,23)24)19-28(25,26)11-7-8-14-15(9-11)17(21)13-6-4-3-5-12(13)16(14)20/h3-9,19H,10H2,1-2H3,(H,22,23,24). The van der Waals surface area contributed by atoms with Gasteiger partial charge in [-0.2, -0.15) is 8.42 Å². The molecule has 3 rings (SSSR count). The second-order valence-electron chi connectivity index (χ2n) is 7.13. The Morgan fingerprint density at radius 2 is 1.36 bits per heavy atom. The van der Waals surface area contributed by atoms with E-state index in [1.165, 1.54) is 38.1 Å². The minimum absolute atomic E-state index is 0.0424. The number of ketones is 2. The van der Waals surface area contributed by atoms with Crippen molar-refractivity contribution in [1.82, 2.24) is 4.72 Å². The molecule has 0 fully saturated rings. The van der Waals surface area contributed by atoms with Gasteiger partial charge in [0.1, 0.15) is 0 Å². The van der Waals surface area contributed by atoms with Gasteiger partial charge in [-0.05, 0) is 32.0 Å². The summed E-state index contributed by atoms with van der Waals surface area (Å²) in [5, 5.41) is 0. The van der Waals surface area contributed by atoms with Crippen molar-refractivity contribution in [1.29, 1.82) is 0 Å². The lowest BCUT2D eigenvalue weighted by Crippen LogP contribution is -2.48. The molecular weight excluding hydrogens is 406 g/mol.